The van der Waals surface area contributed by atoms with Crippen molar-refractivity contribution in [2.45, 2.75) is 58.8 Å². The third kappa shape index (κ3) is 5.97. The maximum Gasteiger partial charge on any atom is 0.410 e. The molecule has 9 heteroatoms. The summed E-state index contributed by atoms with van der Waals surface area (Å²) >= 11 is 0. The zero-order chi connectivity index (χ0) is 28.4. The number of aromatic nitrogens is 2. The number of nitriles is 1. The molecule has 5 rings (SSSR count). The van der Waals surface area contributed by atoms with E-state index in [-0.39, 0.29) is 6.09 Å². The highest BCUT2D eigenvalue weighted by Gasteiger charge is 2.31. The van der Waals surface area contributed by atoms with Gasteiger partial charge in [0.05, 0.1) is 11.1 Å². The van der Waals surface area contributed by atoms with Gasteiger partial charge >= 0.3 is 6.09 Å². The van der Waals surface area contributed by atoms with Gasteiger partial charge in [-0.05, 0) is 70.5 Å². The van der Waals surface area contributed by atoms with Crippen LogP contribution in [0.3, 0.4) is 0 Å². The van der Waals surface area contributed by atoms with Crippen molar-refractivity contribution < 1.29 is 9.53 Å². The van der Waals surface area contributed by atoms with Crippen molar-refractivity contribution in [3.8, 4) is 6.07 Å². The second-order valence-electron chi connectivity index (χ2n) is 11.9. The van der Waals surface area contributed by atoms with Crippen LogP contribution in [-0.4, -0.2) is 82.8 Å². The lowest BCUT2D eigenvalue weighted by Gasteiger charge is -2.45. The lowest BCUT2D eigenvalue weighted by atomic mass is 10.0. The summed E-state index contributed by atoms with van der Waals surface area (Å²) in [7, 11) is 0. The number of anilines is 2. The topological polar surface area (TPSA) is 88.8 Å². The van der Waals surface area contributed by atoms with E-state index < -0.39 is 5.60 Å². The van der Waals surface area contributed by atoms with Gasteiger partial charge in [0.25, 0.3) is 0 Å². The molecule has 3 aromatic rings. The fourth-order valence-corrected chi connectivity index (χ4v) is 5.74. The second-order valence-corrected chi connectivity index (χ2v) is 11.9. The summed E-state index contributed by atoms with van der Waals surface area (Å²) in [5.74, 6) is 0.944. The molecular formula is C31H39N7O2. The highest BCUT2D eigenvalue weighted by Crippen LogP contribution is 2.31. The zero-order valence-corrected chi connectivity index (χ0v) is 24.2. The second kappa shape index (κ2) is 11.3. The lowest BCUT2D eigenvalue weighted by molar-refractivity contribution is 0.0240. The van der Waals surface area contributed by atoms with Crippen LogP contribution in [0.4, 0.5) is 16.3 Å². The Morgan fingerprint density at radius 1 is 1.00 bits per heavy atom. The Labute approximate surface area is 237 Å². The van der Waals surface area contributed by atoms with Gasteiger partial charge in [-0.25, -0.2) is 9.78 Å². The van der Waals surface area contributed by atoms with Crippen molar-refractivity contribution in [2.24, 2.45) is 0 Å². The number of carbonyl (C=O) groups is 1. The monoisotopic (exact) mass is 541 g/mol. The van der Waals surface area contributed by atoms with Gasteiger partial charge in [0.2, 0.25) is 0 Å². The van der Waals surface area contributed by atoms with Crippen LogP contribution in [-0.2, 0) is 11.3 Å². The van der Waals surface area contributed by atoms with Crippen LogP contribution in [0.5, 0.6) is 0 Å². The Morgan fingerprint density at radius 3 is 2.35 bits per heavy atom. The normalized spacial score (nSPS) is 20.4. The number of pyridine rings is 2. The maximum absolute atomic E-state index is 12.4. The third-order valence-electron chi connectivity index (χ3n) is 7.74. The summed E-state index contributed by atoms with van der Waals surface area (Å²) in [6.45, 7) is 15.6. The Bertz CT molecular complexity index is 1380. The molecular weight excluding hydrogens is 502 g/mol. The van der Waals surface area contributed by atoms with Crippen molar-refractivity contribution in [3.05, 3.63) is 59.9 Å². The largest absolute Gasteiger partial charge is 0.444 e. The molecule has 4 heterocycles. The number of nitrogens with zero attached hydrogens (tertiary/aromatic N) is 7. The number of hydrogen-bond donors (Lipinski definition) is 0. The molecule has 1 amide bonds. The first-order valence-electron chi connectivity index (χ1n) is 14.1. The van der Waals surface area contributed by atoms with Crippen LogP contribution in [0.25, 0.3) is 10.9 Å². The minimum Gasteiger partial charge on any atom is -0.444 e. The molecule has 2 saturated heterocycles. The fourth-order valence-electron chi connectivity index (χ4n) is 5.74. The summed E-state index contributed by atoms with van der Waals surface area (Å²) in [4.78, 5) is 30.6. The maximum atomic E-state index is 12.4. The first kappa shape index (κ1) is 27.7. The van der Waals surface area contributed by atoms with Gasteiger partial charge in [-0.3, -0.25) is 9.88 Å². The third-order valence-corrected chi connectivity index (χ3v) is 7.74. The molecule has 9 nitrogen and oxygen atoms in total. The predicted molar refractivity (Wildman–Crippen MR) is 157 cm³/mol. The smallest absolute Gasteiger partial charge is 0.410 e. The van der Waals surface area contributed by atoms with E-state index in [9.17, 15) is 10.1 Å². The lowest BCUT2D eigenvalue weighted by Crippen LogP contribution is -2.56. The molecule has 0 saturated carbocycles. The molecule has 2 aliphatic heterocycles. The van der Waals surface area contributed by atoms with E-state index in [1.807, 2.05) is 39.1 Å². The van der Waals surface area contributed by atoms with E-state index in [2.05, 4.69) is 63.9 Å². The van der Waals surface area contributed by atoms with Crippen LogP contribution in [0.1, 0.15) is 45.7 Å². The van der Waals surface area contributed by atoms with Gasteiger partial charge in [-0.1, -0.05) is 6.07 Å². The van der Waals surface area contributed by atoms with Crippen LogP contribution in [0, 0.1) is 11.3 Å². The predicted octanol–water partition coefficient (Wildman–Crippen LogP) is 4.66. The summed E-state index contributed by atoms with van der Waals surface area (Å²) in [5, 5.41) is 10.5. The molecule has 0 unspecified atom stereocenters. The van der Waals surface area contributed by atoms with Crippen molar-refractivity contribution in [1.29, 1.82) is 5.26 Å². The highest BCUT2D eigenvalue weighted by atomic mass is 16.6. The summed E-state index contributed by atoms with van der Waals surface area (Å²) in [6, 6.07) is 15.2. The molecule has 0 spiro atoms. The first-order chi connectivity index (χ1) is 19.1. The Morgan fingerprint density at radius 2 is 1.73 bits per heavy atom. The van der Waals surface area contributed by atoms with E-state index in [4.69, 9.17) is 9.72 Å². The van der Waals surface area contributed by atoms with Crippen LogP contribution in [0.15, 0.2) is 48.8 Å². The quantitative estimate of drug-likeness (QED) is 0.471. The minimum absolute atomic E-state index is 0.247. The van der Waals surface area contributed by atoms with Gasteiger partial charge in [-0.15, -0.1) is 0 Å². The molecule has 2 aliphatic rings. The average Bonchev–Trinajstić information content (AvgIpc) is 2.94. The van der Waals surface area contributed by atoms with Gasteiger partial charge in [0.1, 0.15) is 17.5 Å². The first-order valence-corrected chi connectivity index (χ1v) is 14.1. The number of rotatable bonds is 4. The number of piperazine rings is 2. The Kier molecular flexibility index (Phi) is 7.81. The van der Waals surface area contributed by atoms with E-state index >= 15 is 0 Å². The standard InChI is InChI=1S/C31H39N7O2/c1-22-19-37(27-10-9-25(17-32)29-26(27)7-6-12-33-29)20-23(2)38(22)21-24-8-11-28(34-18-24)35-13-15-36(16-14-35)30(39)40-31(3,4)5/h6-12,18,22-23H,13-16,19-21H2,1-5H3/t22-,23+. The van der Waals surface area contributed by atoms with Crippen LogP contribution < -0.4 is 9.80 Å². The molecule has 2 atom stereocenters. The van der Waals surface area contributed by atoms with E-state index in [0.717, 1.165) is 55.1 Å². The van der Waals surface area contributed by atoms with E-state index in [0.29, 0.717) is 30.7 Å². The van der Waals surface area contributed by atoms with Gasteiger partial charge in [0.15, 0.2) is 0 Å². The molecule has 0 radical (unpaired) electrons. The average molecular weight is 542 g/mol. The number of fused-ring (bicyclic) bond motifs is 1. The molecule has 0 N–H and O–H groups in total. The molecule has 0 bridgehead atoms. The Balaban J connectivity index is 1.19. The fraction of sp³-hybridized carbons (Fsp3) is 0.484. The SMILES string of the molecule is C[C@@H]1CN(c2ccc(C#N)c3ncccc23)C[C@H](C)N1Cc1ccc(N2CCN(C(=O)OC(C)(C)C)CC2)nc1. The summed E-state index contributed by atoms with van der Waals surface area (Å²) in [6.07, 6.45) is 3.49. The summed E-state index contributed by atoms with van der Waals surface area (Å²) < 4.78 is 5.51. The van der Waals surface area contributed by atoms with E-state index in [1.54, 1.807) is 11.1 Å². The molecule has 1 aromatic carbocycles. The molecule has 2 fully saturated rings. The molecule has 2 aromatic heterocycles. The van der Waals surface area contributed by atoms with Crippen molar-refractivity contribution in [1.82, 2.24) is 19.8 Å². The number of amides is 1. The van der Waals surface area contributed by atoms with Crippen LogP contribution >= 0.6 is 0 Å². The number of hydrogen-bond acceptors (Lipinski definition) is 8. The van der Waals surface area contributed by atoms with Crippen molar-refractivity contribution >= 4 is 28.5 Å². The number of carbonyl (C=O) groups excluding carboxylic acids is 1. The number of benzene rings is 1. The van der Waals surface area contributed by atoms with Gasteiger partial charge in [-0.2, -0.15) is 5.26 Å². The Hall–Kier alpha value is -3.90. The highest BCUT2D eigenvalue weighted by molar-refractivity contribution is 5.95. The summed E-state index contributed by atoms with van der Waals surface area (Å²) in [5.41, 5.74) is 3.22. The van der Waals surface area contributed by atoms with Crippen molar-refractivity contribution in [2.75, 3.05) is 49.1 Å². The van der Waals surface area contributed by atoms with Crippen LogP contribution in [0.2, 0.25) is 0 Å². The van der Waals surface area contributed by atoms with Gasteiger partial charge < -0.3 is 19.4 Å². The molecule has 0 aliphatic carbocycles. The molecule has 210 valence electrons. The van der Waals surface area contributed by atoms with Gasteiger partial charge in [0, 0.05) is 81.4 Å². The van der Waals surface area contributed by atoms with E-state index in [1.165, 1.54) is 5.56 Å². The molecule has 40 heavy (non-hydrogen) atoms. The minimum atomic E-state index is -0.483. The number of ether oxygens (including phenoxy) is 1. The zero-order valence-electron chi connectivity index (χ0n) is 24.2. The van der Waals surface area contributed by atoms with Crippen molar-refractivity contribution in [3.63, 3.8) is 0 Å².